The minimum atomic E-state index is -1.23. The number of carboxylic acids is 1. The number of hydrogen-bond donors (Lipinski definition) is 1. The monoisotopic (exact) mass is 507 g/mol. The third-order valence-electron chi connectivity index (χ3n) is 6.77. The summed E-state index contributed by atoms with van der Waals surface area (Å²) < 4.78 is 33.3. The maximum absolute atomic E-state index is 13.8. The van der Waals surface area contributed by atoms with Crippen LogP contribution in [-0.4, -0.2) is 27.5 Å². The van der Waals surface area contributed by atoms with Crippen LogP contribution in [0.4, 0.5) is 8.78 Å². The number of amides is 1. The lowest BCUT2D eigenvalue weighted by Gasteiger charge is -2.29. The molecule has 0 radical (unpaired) electrons. The average Bonchev–Trinajstić information content (AvgIpc) is 3.27. The predicted octanol–water partition coefficient (Wildman–Crippen LogP) is 6.65. The number of benzene rings is 3. The third-order valence-corrected chi connectivity index (χ3v) is 6.77. The second kappa shape index (κ2) is 9.71. The van der Waals surface area contributed by atoms with E-state index < -0.39 is 35.2 Å². The normalized spacial score (nSPS) is 14.0. The minimum absolute atomic E-state index is 0.0560. The van der Waals surface area contributed by atoms with Gasteiger partial charge in [0, 0.05) is 24.2 Å². The van der Waals surface area contributed by atoms with E-state index in [1.54, 1.807) is 4.90 Å². The fourth-order valence-electron chi connectivity index (χ4n) is 4.98. The van der Waals surface area contributed by atoms with Crippen LogP contribution >= 0.6 is 0 Å². The molecule has 0 aromatic heterocycles. The molecule has 0 saturated carbocycles. The van der Waals surface area contributed by atoms with Gasteiger partial charge in [0.15, 0.2) is 17.7 Å². The molecule has 37 heavy (non-hydrogen) atoms. The summed E-state index contributed by atoms with van der Waals surface area (Å²) in [6.45, 7) is 11.7. The topological polar surface area (TPSA) is 66.8 Å². The summed E-state index contributed by atoms with van der Waals surface area (Å²) in [5.41, 5.74) is 5.98. The maximum atomic E-state index is 13.8. The van der Waals surface area contributed by atoms with Crippen molar-refractivity contribution in [2.75, 3.05) is 0 Å². The zero-order chi connectivity index (χ0) is 27.2. The molecule has 0 bridgehead atoms. The van der Waals surface area contributed by atoms with E-state index in [1.165, 1.54) is 6.07 Å². The van der Waals surface area contributed by atoms with Crippen LogP contribution in [-0.2, 0) is 22.6 Å². The molecule has 1 amide bonds. The maximum Gasteiger partial charge on any atom is 0.337 e. The van der Waals surface area contributed by atoms with E-state index in [0.717, 1.165) is 51.1 Å². The van der Waals surface area contributed by atoms with Crippen LogP contribution in [0.1, 0.15) is 70.6 Å². The predicted molar refractivity (Wildman–Crippen MR) is 137 cm³/mol. The zero-order valence-electron chi connectivity index (χ0n) is 21.9. The number of carbonyl (C=O) groups excluding carboxylic acids is 1. The number of nitrogens with zero attached hydrogens (tertiary/aromatic N) is 1. The first-order valence-corrected chi connectivity index (χ1v) is 12.1. The lowest BCUT2D eigenvalue weighted by molar-refractivity contribution is -0.160. The Hall–Kier alpha value is -3.58. The van der Waals surface area contributed by atoms with E-state index in [2.05, 4.69) is 0 Å². The Bertz CT molecular complexity index is 1390. The van der Waals surface area contributed by atoms with E-state index in [1.807, 2.05) is 65.8 Å². The molecule has 0 aliphatic carbocycles. The van der Waals surface area contributed by atoms with Crippen LogP contribution in [0.25, 0.3) is 11.1 Å². The average molecular weight is 508 g/mol. The zero-order valence-corrected chi connectivity index (χ0v) is 21.9. The highest BCUT2D eigenvalue weighted by Gasteiger charge is 2.36. The van der Waals surface area contributed by atoms with Crippen molar-refractivity contribution >= 4 is 11.9 Å². The lowest BCUT2D eigenvalue weighted by atomic mass is 9.83. The molecule has 1 aliphatic heterocycles. The molecule has 0 fully saturated rings. The molecule has 7 heteroatoms. The first-order valence-electron chi connectivity index (χ1n) is 12.1. The van der Waals surface area contributed by atoms with Crippen molar-refractivity contribution in [2.24, 2.45) is 0 Å². The van der Waals surface area contributed by atoms with Gasteiger partial charge in [-0.1, -0.05) is 29.8 Å². The summed E-state index contributed by atoms with van der Waals surface area (Å²) in [6.07, 6.45) is -1.23. The highest BCUT2D eigenvalue weighted by Crippen LogP contribution is 2.44. The summed E-state index contributed by atoms with van der Waals surface area (Å²) in [6, 6.07) is 11.0. The summed E-state index contributed by atoms with van der Waals surface area (Å²) in [4.78, 5) is 27.3. The molecule has 1 N–H and O–H groups in total. The Labute approximate surface area is 215 Å². The van der Waals surface area contributed by atoms with Crippen molar-refractivity contribution in [3.05, 3.63) is 93.0 Å². The van der Waals surface area contributed by atoms with Gasteiger partial charge in [0.2, 0.25) is 0 Å². The standard InChI is InChI=1S/C30H31F2NO4/c1-16-7-9-19(10-8-16)25-17(2)21-14-33(28(34)20-11-12-23(31)24(32)13-20)15-22(21)18(3)26(25)27(29(35)36)37-30(4,5)6/h7-13,27H,14-15H2,1-6H3,(H,35,36)/t27-/m0/s1. The largest absolute Gasteiger partial charge is 0.479 e. The molecule has 4 rings (SSSR count). The highest BCUT2D eigenvalue weighted by molar-refractivity contribution is 5.95. The van der Waals surface area contributed by atoms with Crippen LogP contribution < -0.4 is 0 Å². The summed E-state index contributed by atoms with van der Waals surface area (Å²) in [5.74, 6) is -3.62. The Morgan fingerprint density at radius 2 is 1.51 bits per heavy atom. The summed E-state index contributed by atoms with van der Waals surface area (Å²) in [5, 5.41) is 10.3. The molecule has 0 saturated heterocycles. The Kier molecular flexibility index (Phi) is 6.95. The first kappa shape index (κ1) is 26.5. The number of fused-ring (bicyclic) bond motifs is 1. The number of halogens is 2. The Morgan fingerprint density at radius 1 is 0.919 bits per heavy atom. The molecule has 0 unspecified atom stereocenters. The van der Waals surface area contributed by atoms with Gasteiger partial charge < -0.3 is 14.7 Å². The van der Waals surface area contributed by atoms with Crippen LogP contribution in [0, 0.1) is 32.4 Å². The molecule has 3 aromatic carbocycles. The number of aliphatic carboxylic acids is 1. The van der Waals surface area contributed by atoms with Crippen molar-refractivity contribution in [3.63, 3.8) is 0 Å². The number of aryl methyl sites for hydroxylation is 1. The summed E-state index contributed by atoms with van der Waals surface area (Å²) in [7, 11) is 0. The van der Waals surface area contributed by atoms with Crippen molar-refractivity contribution in [1.82, 2.24) is 4.90 Å². The van der Waals surface area contributed by atoms with Gasteiger partial charge in [-0.25, -0.2) is 13.6 Å². The van der Waals surface area contributed by atoms with E-state index in [-0.39, 0.29) is 18.7 Å². The van der Waals surface area contributed by atoms with Gasteiger partial charge >= 0.3 is 5.97 Å². The molecule has 0 spiro atoms. The Morgan fingerprint density at radius 3 is 2.05 bits per heavy atom. The highest BCUT2D eigenvalue weighted by atomic mass is 19.2. The van der Waals surface area contributed by atoms with Crippen molar-refractivity contribution in [2.45, 2.75) is 66.3 Å². The molecule has 1 aliphatic rings. The van der Waals surface area contributed by atoms with Gasteiger partial charge in [-0.05, 0) is 93.1 Å². The minimum Gasteiger partial charge on any atom is -0.479 e. The second-order valence-electron chi connectivity index (χ2n) is 10.6. The van der Waals surface area contributed by atoms with Gasteiger partial charge in [0.05, 0.1) is 5.60 Å². The fraction of sp³-hybridized carbons (Fsp3) is 0.333. The quantitative estimate of drug-likeness (QED) is 0.420. The molecular weight excluding hydrogens is 476 g/mol. The number of hydrogen-bond acceptors (Lipinski definition) is 3. The Balaban J connectivity index is 1.88. The van der Waals surface area contributed by atoms with Gasteiger partial charge in [-0.3, -0.25) is 4.79 Å². The molecule has 1 heterocycles. The van der Waals surface area contributed by atoms with Crippen LogP contribution in [0.15, 0.2) is 42.5 Å². The number of carboxylic acid groups (broad SMARTS) is 1. The van der Waals surface area contributed by atoms with Crippen molar-refractivity contribution in [1.29, 1.82) is 0 Å². The van der Waals surface area contributed by atoms with Crippen molar-refractivity contribution in [3.8, 4) is 11.1 Å². The van der Waals surface area contributed by atoms with E-state index in [9.17, 15) is 23.5 Å². The molecular formula is C30H31F2NO4. The van der Waals surface area contributed by atoms with Gasteiger partial charge in [-0.15, -0.1) is 0 Å². The number of carbonyl (C=O) groups is 2. The van der Waals surface area contributed by atoms with E-state index in [0.29, 0.717) is 5.56 Å². The number of rotatable bonds is 5. The van der Waals surface area contributed by atoms with E-state index >= 15 is 0 Å². The third kappa shape index (κ3) is 5.14. The van der Waals surface area contributed by atoms with Crippen molar-refractivity contribution < 1.29 is 28.2 Å². The molecule has 3 aromatic rings. The van der Waals surface area contributed by atoms with Crippen LogP contribution in [0.2, 0.25) is 0 Å². The molecule has 1 atom stereocenters. The lowest BCUT2D eigenvalue weighted by Crippen LogP contribution is -2.28. The van der Waals surface area contributed by atoms with Crippen LogP contribution in [0.3, 0.4) is 0 Å². The number of ether oxygens (including phenoxy) is 1. The fourth-order valence-corrected chi connectivity index (χ4v) is 4.98. The van der Waals surface area contributed by atoms with Crippen LogP contribution in [0.5, 0.6) is 0 Å². The molecule has 5 nitrogen and oxygen atoms in total. The SMILES string of the molecule is Cc1ccc(-c2c(C)c3c(c(C)c2[C@H](OC(C)(C)C)C(=O)O)CN(C(=O)c2ccc(F)c(F)c2)C3)cc1. The van der Waals surface area contributed by atoms with Gasteiger partial charge in [-0.2, -0.15) is 0 Å². The summed E-state index contributed by atoms with van der Waals surface area (Å²) >= 11 is 0. The molecule has 194 valence electrons. The van der Waals surface area contributed by atoms with E-state index in [4.69, 9.17) is 4.74 Å². The van der Waals surface area contributed by atoms with Gasteiger partial charge in [0.25, 0.3) is 5.91 Å². The first-order chi connectivity index (χ1) is 17.3. The second-order valence-corrected chi connectivity index (χ2v) is 10.6. The smallest absolute Gasteiger partial charge is 0.337 e. The van der Waals surface area contributed by atoms with Gasteiger partial charge in [0.1, 0.15) is 0 Å².